The van der Waals surface area contributed by atoms with Crippen LogP contribution in [0.4, 0.5) is 5.69 Å². The average Bonchev–Trinajstić information content (AvgIpc) is 3.39. The molecule has 6 heteroatoms. The Balaban J connectivity index is 1.80. The Hall–Kier alpha value is -3.54. The molecule has 172 valence electrons. The molecule has 1 aromatic heterocycles. The molecule has 1 unspecified atom stereocenters. The third kappa shape index (κ3) is 5.11. The first-order valence-corrected chi connectivity index (χ1v) is 11.5. The van der Waals surface area contributed by atoms with Gasteiger partial charge in [0.2, 0.25) is 5.91 Å². The standard InChI is InChI=1S/C27H30N2O4/c1-19-9-6-7-12-23(19)29(27(31)24-13-8-18-33-24)25(20-14-16-22(32-2)17-15-20)26(30)28-21-10-4-3-5-11-21/h6-9,12-18,21,25H,3-5,10-11H2,1-2H3,(H,28,30). The number of hydrogen-bond acceptors (Lipinski definition) is 4. The highest BCUT2D eigenvalue weighted by Crippen LogP contribution is 2.33. The first-order chi connectivity index (χ1) is 16.1. The molecule has 0 spiro atoms. The van der Waals surface area contributed by atoms with Gasteiger partial charge >= 0.3 is 0 Å². The van der Waals surface area contributed by atoms with Crippen molar-refractivity contribution in [3.63, 3.8) is 0 Å². The zero-order chi connectivity index (χ0) is 23.2. The normalized spacial score (nSPS) is 15.0. The number of aryl methyl sites for hydroxylation is 1. The Morgan fingerprint density at radius 2 is 1.73 bits per heavy atom. The number of nitrogens with one attached hydrogen (secondary N) is 1. The maximum atomic E-state index is 13.8. The number of nitrogens with zero attached hydrogens (tertiary/aromatic N) is 1. The number of methoxy groups -OCH3 is 1. The Morgan fingerprint density at radius 1 is 1.00 bits per heavy atom. The number of rotatable bonds is 7. The van der Waals surface area contributed by atoms with Crippen molar-refractivity contribution in [2.24, 2.45) is 0 Å². The Morgan fingerprint density at radius 3 is 2.36 bits per heavy atom. The molecule has 2 amide bonds. The number of carbonyl (C=O) groups excluding carboxylic acids is 2. The van der Waals surface area contributed by atoms with Crippen LogP contribution in [0.1, 0.15) is 59.8 Å². The molecular weight excluding hydrogens is 416 g/mol. The molecule has 0 saturated heterocycles. The summed E-state index contributed by atoms with van der Waals surface area (Å²) in [6, 6.07) is 17.4. The molecule has 0 bridgehead atoms. The van der Waals surface area contributed by atoms with Crippen molar-refractivity contribution in [1.29, 1.82) is 0 Å². The highest BCUT2D eigenvalue weighted by Gasteiger charge is 2.36. The van der Waals surface area contributed by atoms with E-state index < -0.39 is 6.04 Å². The van der Waals surface area contributed by atoms with Gasteiger partial charge < -0.3 is 14.5 Å². The SMILES string of the molecule is COc1ccc(C(C(=O)NC2CCCCC2)N(C(=O)c2ccco2)c2ccccc2C)cc1. The second kappa shape index (κ2) is 10.4. The van der Waals surface area contributed by atoms with E-state index in [1.807, 2.05) is 55.5 Å². The van der Waals surface area contributed by atoms with E-state index in [4.69, 9.17) is 9.15 Å². The van der Waals surface area contributed by atoms with Crippen molar-refractivity contribution < 1.29 is 18.7 Å². The van der Waals surface area contributed by atoms with Crippen molar-refractivity contribution in [3.05, 3.63) is 83.8 Å². The van der Waals surface area contributed by atoms with Crippen LogP contribution in [-0.4, -0.2) is 25.0 Å². The maximum absolute atomic E-state index is 13.8. The van der Waals surface area contributed by atoms with Gasteiger partial charge in [0, 0.05) is 11.7 Å². The smallest absolute Gasteiger partial charge is 0.294 e. The lowest BCUT2D eigenvalue weighted by Gasteiger charge is -2.33. The minimum Gasteiger partial charge on any atom is -0.497 e. The van der Waals surface area contributed by atoms with Crippen molar-refractivity contribution in [1.82, 2.24) is 5.32 Å². The van der Waals surface area contributed by atoms with E-state index in [9.17, 15) is 9.59 Å². The molecule has 2 aromatic carbocycles. The maximum Gasteiger partial charge on any atom is 0.294 e. The number of amides is 2. The van der Waals surface area contributed by atoms with Gasteiger partial charge in [0.1, 0.15) is 11.8 Å². The number of hydrogen-bond donors (Lipinski definition) is 1. The van der Waals surface area contributed by atoms with Crippen LogP contribution in [0, 0.1) is 6.92 Å². The second-order valence-corrected chi connectivity index (χ2v) is 8.46. The third-order valence-corrected chi connectivity index (χ3v) is 6.22. The van der Waals surface area contributed by atoms with Gasteiger partial charge in [-0.1, -0.05) is 49.6 Å². The van der Waals surface area contributed by atoms with Gasteiger partial charge in [0.25, 0.3) is 5.91 Å². The molecule has 1 atom stereocenters. The zero-order valence-corrected chi connectivity index (χ0v) is 19.1. The van der Waals surface area contributed by atoms with Crippen LogP contribution in [-0.2, 0) is 4.79 Å². The molecule has 3 aromatic rings. The lowest BCUT2D eigenvalue weighted by atomic mass is 9.94. The van der Waals surface area contributed by atoms with Gasteiger partial charge in [-0.05, 0) is 61.2 Å². The van der Waals surface area contributed by atoms with Gasteiger partial charge in [-0.3, -0.25) is 14.5 Å². The van der Waals surface area contributed by atoms with Gasteiger partial charge in [0.05, 0.1) is 13.4 Å². The van der Waals surface area contributed by atoms with E-state index in [-0.39, 0.29) is 23.6 Å². The van der Waals surface area contributed by atoms with E-state index in [1.54, 1.807) is 24.1 Å². The summed E-state index contributed by atoms with van der Waals surface area (Å²) >= 11 is 0. The van der Waals surface area contributed by atoms with E-state index in [1.165, 1.54) is 12.7 Å². The van der Waals surface area contributed by atoms with Crippen LogP contribution in [0.25, 0.3) is 0 Å². The van der Waals surface area contributed by atoms with Crippen molar-refractivity contribution in [3.8, 4) is 5.75 Å². The highest BCUT2D eigenvalue weighted by molar-refractivity contribution is 6.09. The summed E-state index contributed by atoms with van der Waals surface area (Å²) in [5.41, 5.74) is 2.26. The van der Waals surface area contributed by atoms with Crippen molar-refractivity contribution in [2.45, 2.75) is 51.1 Å². The van der Waals surface area contributed by atoms with E-state index in [0.717, 1.165) is 31.2 Å². The van der Waals surface area contributed by atoms with Gasteiger partial charge in [0.15, 0.2) is 5.76 Å². The molecule has 33 heavy (non-hydrogen) atoms. The summed E-state index contributed by atoms with van der Waals surface area (Å²) < 4.78 is 10.8. The number of ether oxygens (including phenoxy) is 1. The minimum absolute atomic E-state index is 0.115. The first kappa shape index (κ1) is 22.6. The molecule has 6 nitrogen and oxygen atoms in total. The summed E-state index contributed by atoms with van der Waals surface area (Å²) in [5, 5.41) is 3.22. The lowest BCUT2D eigenvalue weighted by molar-refractivity contribution is -0.123. The van der Waals surface area contributed by atoms with Crippen LogP contribution in [0.2, 0.25) is 0 Å². The predicted octanol–water partition coefficient (Wildman–Crippen LogP) is 5.43. The fourth-order valence-electron chi connectivity index (χ4n) is 4.45. The molecule has 1 N–H and O–H groups in total. The molecule has 1 aliphatic rings. The second-order valence-electron chi connectivity index (χ2n) is 8.46. The van der Waals surface area contributed by atoms with Gasteiger partial charge in [-0.2, -0.15) is 0 Å². The number of benzene rings is 2. The molecule has 0 aliphatic heterocycles. The zero-order valence-electron chi connectivity index (χ0n) is 19.1. The number of para-hydroxylation sites is 1. The van der Waals surface area contributed by atoms with E-state index >= 15 is 0 Å². The van der Waals surface area contributed by atoms with Crippen LogP contribution < -0.4 is 15.0 Å². The molecule has 1 saturated carbocycles. The molecule has 1 fully saturated rings. The minimum atomic E-state index is -0.864. The molecule has 1 aliphatic carbocycles. The Labute approximate surface area is 194 Å². The quantitative estimate of drug-likeness (QED) is 0.525. The van der Waals surface area contributed by atoms with Gasteiger partial charge in [-0.15, -0.1) is 0 Å². The lowest BCUT2D eigenvalue weighted by Crippen LogP contribution is -2.47. The van der Waals surface area contributed by atoms with Crippen molar-refractivity contribution in [2.75, 3.05) is 12.0 Å². The average molecular weight is 447 g/mol. The predicted molar refractivity (Wildman–Crippen MR) is 127 cm³/mol. The summed E-state index contributed by atoms with van der Waals surface area (Å²) in [6.07, 6.45) is 6.78. The van der Waals surface area contributed by atoms with Crippen LogP contribution in [0.15, 0.2) is 71.3 Å². The Kier molecular flexibility index (Phi) is 7.13. The summed E-state index contributed by atoms with van der Waals surface area (Å²) in [7, 11) is 1.60. The number of anilines is 1. The topological polar surface area (TPSA) is 71.8 Å². The van der Waals surface area contributed by atoms with Crippen LogP contribution >= 0.6 is 0 Å². The van der Waals surface area contributed by atoms with E-state index in [2.05, 4.69) is 5.32 Å². The molecule has 4 rings (SSSR count). The molecule has 1 heterocycles. The monoisotopic (exact) mass is 446 g/mol. The third-order valence-electron chi connectivity index (χ3n) is 6.22. The first-order valence-electron chi connectivity index (χ1n) is 11.5. The largest absolute Gasteiger partial charge is 0.497 e. The van der Waals surface area contributed by atoms with Crippen molar-refractivity contribution >= 4 is 17.5 Å². The highest BCUT2D eigenvalue weighted by atomic mass is 16.5. The number of carbonyl (C=O) groups is 2. The number of furan rings is 1. The summed E-state index contributed by atoms with van der Waals surface area (Å²) in [5.74, 6) is 0.302. The molecular formula is C27H30N2O4. The van der Waals surface area contributed by atoms with Crippen LogP contribution in [0.3, 0.4) is 0 Å². The van der Waals surface area contributed by atoms with Gasteiger partial charge in [-0.25, -0.2) is 0 Å². The fourth-order valence-corrected chi connectivity index (χ4v) is 4.45. The summed E-state index contributed by atoms with van der Waals surface area (Å²) in [6.45, 7) is 1.93. The van der Waals surface area contributed by atoms with E-state index in [0.29, 0.717) is 17.0 Å². The Bertz CT molecular complexity index is 1070. The fraction of sp³-hybridized carbons (Fsp3) is 0.333. The van der Waals surface area contributed by atoms with Crippen LogP contribution in [0.5, 0.6) is 5.75 Å². The molecule has 0 radical (unpaired) electrons. The summed E-state index contributed by atoms with van der Waals surface area (Å²) in [4.78, 5) is 29.1.